The number of carbonyl (C=O) groups is 3. The van der Waals surface area contributed by atoms with Gasteiger partial charge in [0.15, 0.2) is 17.0 Å². The zero-order valence-electron chi connectivity index (χ0n) is 26.1. The van der Waals surface area contributed by atoms with Crippen LogP contribution < -0.4 is 33.2 Å². The van der Waals surface area contributed by atoms with Crippen molar-refractivity contribution in [3.63, 3.8) is 0 Å². The van der Waals surface area contributed by atoms with Crippen LogP contribution in [0.5, 0.6) is 0 Å². The topological polar surface area (TPSA) is 281 Å². The van der Waals surface area contributed by atoms with Crippen LogP contribution in [-0.4, -0.2) is 70.4 Å². The van der Waals surface area contributed by atoms with Crippen LogP contribution in [-0.2, 0) is 25.6 Å². The number of hydrogen-bond donors (Lipinski definition) is 7. The van der Waals surface area contributed by atoms with Crippen molar-refractivity contribution in [1.29, 1.82) is 0 Å². The molecule has 0 saturated heterocycles. The van der Waals surface area contributed by atoms with E-state index in [4.69, 9.17) is 21.4 Å². The van der Waals surface area contributed by atoms with Gasteiger partial charge >= 0.3 is 5.97 Å². The van der Waals surface area contributed by atoms with Crippen LogP contribution in [0.2, 0.25) is 0 Å². The Morgan fingerprint density at radius 2 is 1.71 bits per heavy atom. The Hall–Kier alpha value is -5.62. The van der Waals surface area contributed by atoms with Gasteiger partial charge in [-0.1, -0.05) is 13.8 Å². The Labute approximate surface area is 275 Å². The third kappa shape index (κ3) is 9.23. The number of hydrogen-bond acceptors (Lipinski definition) is 14. The van der Waals surface area contributed by atoms with Crippen molar-refractivity contribution in [2.24, 2.45) is 5.92 Å². The number of anilines is 4. The summed E-state index contributed by atoms with van der Waals surface area (Å²) in [6.07, 6.45) is 1.67. The van der Waals surface area contributed by atoms with E-state index in [1.54, 1.807) is 26.0 Å². The molecule has 18 heteroatoms. The third-order valence-electron chi connectivity index (χ3n) is 6.76. The maximum atomic E-state index is 12.9. The first-order valence-electron chi connectivity index (χ1n) is 14.7. The van der Waals surface area contributed by atoms with E-state index in [0.29, 0.717) is 16.9 Å². The molecule has 0 unspecified atom stereocenters. The number of aliphatic carboxylic acids is 1. The molecule has 0 aliphatic carbocycles. The number of fused-ring (bicyclic) bond motifs is 1. The number of carbonyl (C=O) groups excluding carboxylic acids is 2. The van der Waals surface area contributed by atoms with Gasteiger partial charge in [0.05, 0.1) is 30.6 Å². The average Bonchev–Trinajstić information content (AvgIpc) is 3.04. The second kappa shape index (κ2) is 15.3. The monoisotopic (exact) mass is 680 g/mol. The minimum Gasteiger partial charge on any atom is -0.480 e. The Bertz CT molecular complexity index is 1920. The van der Waals surface area contributed by atoms with Gasteiger partial charge < -0.3 is 38.3 Å². The molecule has 254 valence electrons. The second-order valence-electron chi connectivity index (χ2n) is 11.1. The summed E-state index contributed by atoms with van der Waals surface area (Å²) in [6.45, 7) is 3.76. The van der Waals surface area contributed by atoms with Crippen molar-refractivity contribution in [2.75, 3.05) is 35.7 Å². The molecule has 48 heavy (non-hydrogen) atoms. The summed E-state index contributed by atoms with van der Waals surface area (Å²) in [6, 6.07) is 8.91. The molecule has 0 radical (unpaired) electrons. The van der Waals surface area contributed by atoms with Crippen LogP contribution >= 0.6 is 0 Å². The first-order valence-corrected chi connectivity index (χ1v) is 16.1. The van der Waals surface area contributed by atoms with Crippen LogP contribution in [0, 0.1) is 5.92 Å². The van der Waals surface area contributed by atoms with E-state index in [-0.39, 0.29) is 77.6 Å². The fourth-order valence-corrected chi connectivity index (χ4v) is 5.61. The van der Waals surface area contributed by atoms with Crippen LogP contribution in [0.25, 0.3) is 11.2 Å². The van der Waals surface area contributed by atoms with Crippen LogP contribution in [0.1, 0.15) is 53.1 Å². The summed E-state index contributed by atoms with van der Waals surface area (Å²) in [5.41, 5.74) is 19.2. The van der Waals surface area contributed by atoms with Crippen LogP contribution in [0.4, 0.5) is 23.1 Å². The van der Waals surface area contributed by atoms with Crippen LogP contribution in [0.3, 0.4) is 0 Å². The normalized spacial score (nSPS) is 12.1. The summed E-state index contributed by atoms with van der Waals surface area (Å²) in [7, 11) is -4.26. The molecule has 0 bridgehead atoms. The van der Waals surface area contributed by atoms with Crippen molar-refractivity contribution in [1.82, 2.24) is 30.6 Å². The van der Waals surface area contributed by atoms with Gasteiger partial charge in [0, 0.05) is 23.5 Å². The molecule has 17 nitrogen and oxygen atoms in total. The lowest BCUT2D eigenvalue weighted by Gasteiger charge is -2.16. The van der Waals surface area contributed by atoms with E-state index in [1.807, 2.05) is 0 Å². The largest absolute Gasteiger partial charge is 0.480 e. The van der Waals surface area contributed by atoms with Gasteiger partial charge in [-0.2, -0.15) is 18.4 Å². The maximum absolute atomic E-state index is 12.9. The highest BCUT2D eigenvalue weighted by atomic mass is 32.2. The SMILES string of the molecule is CC(C)COS(=O)(=O)c1cc(N)ccc1C(=O)NCCC[C@H](NC(=O)c1ccc(NCc2cnc3nc(N)nc(N)c3n2)cc1)C(=O)O. The van der Waals surface area contributed by atoms with E-state index in [1.165, 1.54) is 30.5 Å². The molecule has 0 spiro atoms. The number of nitrogens with zero attached hydrogens (tertiary/aromatic N) is 4. The van der Waals surface area contributed by atoms with Crippen molar-refractivity contribution >= 4 is 62.2 Å². The Balaban J connectivity index is 1.29. The minimum atomic E-state index is -4.26. The Morgan fingerprint density at radius 3 is 2.40 bits per heavy atom. The van der Waals surface area contributed by atoms with E-state index in [9.17, 15) is 27.9 Å². The molecular formula is C30H36N10O7S. The van der Waals surface area contributed by atoms with E-state index in [0.717, 1.165) is 6.07 Å². The lowest BCUT2D eigenvalue weighted by Crippen LogP contribution is -2.41. The molecule has 0 aliphatic heterocycles. The van der Waals surface area contributed by atoms with Gasteiger partial charge in [0.25, 0.3) is 21.9 Å². The summed E-state index contributed by atoms with van der Waals surface area (Å²) in [5, 5.41) is 17.9. The van der Waals surface area contributed by atoms with Gasteiger partial charge in [-0.25, -0.2) is 14.8 Å². The first kappa shape index (κ1) is 35.2. The fraction of sp³-hybridized carbons (Fsp3) is 0.300. The number of nitrogens with one attached hydrogen (secondary N) is 3. The number of amides is 2. The quantitative estimate of drug-likeness (QED) is 0.0532. The number of aromatic nitrogens is 4. The number of rotatable bonds is 15. The maximum Gasteiger partial charge on any atom is 0.326 e. The molecular weight excluding hydrogens is 644 g/mol. The lowest BCUT2D eigenvalue weighted by atomic mass is 10.1. The summed E-state index contributed by atoms with van der Waals surface area (Å²) in [4.78, 5) is 53.6. The molecule has 0 fully saturated rings. The molecule has 10 N–H and O–H groups in total. The minimum absolute atomic E-state index is 0.00317. The number of carboxylic acid groups (broad SMARTS) is 1. The predicted molar refractivity (Wildman–Crippen MR) is 177 cm³/mol. The zero-order chi connectivity index (χ0) is 35.0. The predicted octanol–water partition coefficient (Wildman–Crippen LogP) is 1.53. The summed E-state index contributed by atoms with van der Waals surface area (Å²) >= 11 is 0. The molecule has 2 aromatic carbocycles. The second-order valence-corrected chi connectivity index (χ2v) is 12.7. The third-order valence-corrected chi connectivity index (χ3v) is 8.08. The molecule has 2 heterocycles. The molecule has 1 atom stereocenters. The molecule has 2 amide bonds. The molecule has 2 aromatic heterocycles. The molecule has 4 aromatic rings. The number of carboxylic acids is 1. The van der Waals surface area contributed by atoms with E-state index in [2.05, 4.69) is 35.9 Å². The first-order chi connectivity index (χ1) is 22.7. The smallest absolute Gasteiger partial charge is 0.326 e. The van der Waals surface area contributed by atoms with Gasteiger partial charge in [0.2, 0.25) is 5.95 Å². The van der Waals surface area contributed by atoms with E-state index >= 15 is 0 Å². The van der Waals surface area contributed by atoms with Gasteiger partial charge in [0.1, 0.15) is 10.9 Å². The summed E-state index contributed by atoms with van der Waals surface area (Å²) < 4.78 is 30.5. The van der Waals surface area contributed by atoms with Gasteiger partial charge in [-0.15, -0.1) is 0 Å². The zero-order valence-corrected chi connectivity index (χ0v) is 27.0. The van der Waals surface area contributed by atoms with Crippen molar-refractivity contribution in [3.8, 4) is 0 Å². The fourth-order valence-electron chi connectivity index (χ4n) is 4.32. The standard InChI is InChI=1S/C30H36N10O7S/c1-16(2)15-47-48(45,46)23-12-18(31)7-10-21(23)28(42)34-11-3-4-22(29(43)44)38-27(41)17-5-8-19(9-6-17)35-13-20-14-36-26-24(37-20)25(32)39-30(33)40-26/h5-10,12,14,16,22,35H,3-4,11,13,15,31H2,1-2H3,(H,34,42)(H,38,41)(H,43,44)(H4,32,33,36,39,40)/t22-/m0/s1. The highest BCUT2D eigenvalue weighted by Gasteiger charge is 2.25. The van der Waals surface area contributed by atoms with Gasteiger partial charge in [-0.3, -0.25) is 13.8 Å². The van der Waals surface area contributed by atoms with Crippen LogP contribution in [0.15, 0.2) is 53.6 Å². The molecule has 0 saturated carbocycles. The average molecular weight is 681 g/mol. The highest BCUT2D eigenvalue weighted by Crippen LogP contribution is 2.22. The number of benzene rings is 2. The molecule has 0 aliphatic rings. The lowest BCUT2D eigenvalue weighted by molar-refractivity contribution is -0.139. The molecule has 4 rings (SSSR count). The van der Waals surface area contributed by atoms with Crippen molar-refractivity contribution in [3.05, 3.63) is 65.5 Å². The Morgan fingerprint density at radius 1 is 0.979 bits per heavy atom. The number of nitrogen functional groups attached to an aromatic ring is 3. The summed E-state index contributed by atoms with van der Waals surface area (Å²) in [5.74, 6) is -2.53. The van der Waals surface area contributed by atoms with Crippen molar-refractivity contribution in [2.45, 2.75) is 44.2 Å². The highest BCUT2D eigenvalue weighted by molar-refractivity contribution is 7.86. The number of nitrogens with two attached hydrogens (primary N) is 3. The van der Waals surface area contributed by atoms with E-state index < -0.39 is 33.9 Å². The Kier molecular flexibility index (Phi) is 11.2. The van der Waals surface area contributed by atoms with Gasteiger partial charge in [-0.05, 0) is 61.2 Å². The van der Waals surface area contributed by atoms with Crippen molar-refractivity contribution < 1.29 is 32.1 Å².